The van der Waals surface area contributed by atoms with Gasteiger partial charge in [-0.1, -0.05) is 18.2 Å². The number of fused-ring (bicyclic) bond motifs is 1. The smallest absolute Gasteiger partial charge is 0.236 e. The lowest BCUT2D eigenvalue weighted by Gasteiger charge is -2.32. The molecule has 1 amide bonds. The number of aromatic nitrogens is 3. The number of nitrogens with two attached hydrogens (primary N) is 1. The summed E-state index contributed by atoms with van der Waals surface area (Å²) >= 11 is 0. The van der Waals surface area contributed by atoms with Gasteiger partial charge in [-0.05, 0) is 61.7 Å². The highest BCUT2D eigenvalue weighted by Crippen LogP contribution is 2.37. The molecule has 1 fully saturated rings. The van der Waals surface area contributed by atoms with Crippen molar-refractivity contribution in [3.05, 3.63) is 66.4 Å². The Morgan fingerprint density at radius 3 is 2.80 bits per heavy atom. The highest BCUT2D eigenvalue weighted by atomic mass is 16.5. The van der Waals surface area contributed by atoms with Gasteiger partial charge >= 0.3 is 0 Å². The first-order chi connectivity index (χ1) is 17.0. The van der Waals surface area contributed by atoms with E-state index in [1.54, 1.807) is 11.1 Å². The number of nitrogen functional groups attached to an aromatic ring is 1. The zero-order chi connectivity index (χ0) is 24.4. The minimum atomic E-state index is -0.139. The van der Waals surface area contributed by atoms with Gasteiger partial charge in [0.05, 0.1) is 23.0 Å². The molecule has 4 aromatic rings. The van der Waals surface area contributed by atoms with Crippen molar-refractivity contribution in [1.82, 2.24) is 19.7 Å². The molecule has 1 atom stereocenters. The first-order valence-electron chi connectivity index (χ1n) is 11.7. The third-order valence-electron chi connectivity index (χ3n) is 6.41. The van der Waals surface area contributed by atoms with E-state index in [0.717, 1.165) is 52.1 Å². The molecule has 0 bridgehead atoms. The van der Waals surface area contributed by atoms with Crippen LogP contribution in [0.25, 0.3) is 22.2 Å². The number of hydrogen-bond acceptors (Lipinski definition) is 6. The van der Waals surface area contributed by atoms with Crippen molar-refractivity contribution in [3.63, 3.8) is 0 Å². The third kappa shape index (κ3) is 4.41. The summed E-state index contributed by atoms with van der Waals surface area (Å²) in [6.45, 7) is 3.20. The fourth-order valence-corrected chi connectivity index (χ4v) is 4.73. The molecule has 3 heterocycles. The first-order valence-corrected chi connectivity index (χ1v) is 11.7. The van der Waals surface area contributed by atoms with Crippen molar-refractivity contribution in [2.24, 2.45) is 0 Å². The Hall–Kier alpha value is -4.38. The second-order valence-corrected chi connectivity index (χ2v) is 8.75. The maximum atomic E-state index is 12.4. The quantitative estimate of drug-likeness (QED) is 0.450. The second-order valence-electron chi connectivity index (χ2n) is 8.75. The molecule has 0 saturated carbocycles. The van der Waals surface area contributed by atoms with Gasteiger partial charge in [0.2, 0.25) is 5.91 Å². The maximum absolute atomic E-state index is 12.4. The summed E-state index contributed by atoms with van der Waals surface area (Å²) < 4.78 is 7.97. The van der Waals surface area contributed by atoms with Crippen LogP contribution < -0.4 is 10.5 Å². The van der Waals surface area contributed by atoms with Crippen LogP contribution in [0.4, 0.5) is 5.82 Å². The molecular formula is C27H26N6O2. The van der Waals surface area contributed by atoms with Crippen LogP contribution in [0.5, 0.6) is 11.5 Å². The number of hydrogen-bond donors (Lipinski definition) is 1. The zero-order valence-corrected chi connectivity index (χ0v) is 19.5. The molecule has 1 aliphatic rings. The van der Waals surface area contributed by atoms with Crippen LogP contribution in [0, 0.1) is 18.3 Å². The third-order valence-corrected chi connectivity index (χ3v) is 6.41. The highest BCUT2D eigenvalue weighted by molar-refractivity contribution is 6.00. The van der Waals surface area contributed by atoms with Gasteiger partial charge in [0.25, 0.3) is 0 Å². The maximum Gasteiger partial charge on any atom is 0.236 e. The topological polar surface area (TPSA) is 110 Å². The van der Waals surface area contributed by atoms with E-state index in [1.165, 1.54) is 0 Å². The summed E-state index contributed by atoms with van der Waals surface area (Å²) in [5.41, 5.74) is 9.94. The highest BCUT2D eigenvalue weighted by Gasteiger charge is 2.28. The number of amides is 1. The number of carbonyl (C=O) groups is 1. The molecule has 5 rings (SSSR count). The standard InChI is InChI=1S/C27H26N6O2/c1-18-16-21(35-20-7-3-2-4-8-20)9-10-22(18)26-25-23(12-14-30-27(25)29)33(31-26)19-6-5-15-32(17-19)24(34)11-13-28/h2-4,7-10,12,14,16,19H,5-6,11,15,17H2,1H3,(H2,29,30). The SMILES string of the molecule is Cc1cc(Oc2ccccc2)ccc1-c1nn(C2CCCN(C(=O)CC#N)C2)c2ccnc(N)c12. The van der Waals surface area contributed by atoms with Crippen LogP contribution in [-0.4, -0.2) is 38.7 Å². The Kier molecular flexibility index (Phi) is 6.06. The molecule has 1 saturated heterocycles. The molecule has 0 spiro atoms. The number of pyridine rings is 1. The predicted octanol–water partition coefficient (Wildman–Crippen LogP) is 4.86. The van der Waals surface area contributed by atoms with Crippen LogP contribution in [0.1, 0.15) is 30.9 Å². The van der Waals surface area contributed by atoms with Crippen LogP contribution in [-0.2, 0) is 4.79 Å². The number of piperidine rings is 1. The van der Waals surface area contributed by atoms with Gasteiger partial charge in [-0.15, -0.1) is 0 Å². The molecule has 2 N–H and O–H groups in total. The first kappa shape index (κ1) is 22.4. The molecule has 1 aliphatic heterocycles. The van der Waals surface area contributed by atoms with Crippen LogP contribution in [0.15, 0.2) is 60.8 Å². The second kappa shape index (κ2) is 9.47. The Morgan fingerprint density at radius 1 is 1.20 bits per heavy atom. The number of ether oxygens (including phenoxy) is 1. The lowest BCUT2D eigenvalue weighted by atomic mass is 10.0. The van der Waals surface area contributed by atoms with Gasteiger partial charge in [0.1, 0.15) is 29.4 Å². The number of para-hydroxylation sites is 1. The van der Waals surface area contributed by atoms with E-state index in [0.29, 0.717) is 18.9 Å². The molecule has 1 unspecified atom stereocenters. The monoisotopic (exact) mass is 466 g/mol. The Balaban J connectivity index is 1.52. The number of nitrogens with zero attached hydrogens (tertiary/aromatic N) is 5. The number of likely N-dealkylation sites (tertiary alicyclic amines) is 1. The molecule has 35 heavy (non-hydrogen) atoms. The molecule has 8 heteroatoms. The van der Waals surface area contributed by atoms with E-state index in [4.69, 9.17) is 20.8 Å². The number of benzene rings is 2. The normalized spacial score (nSPS) is 15.7. The van der Waals surface area contributed by atoms with Crippen molar-refractivity contribution >= 4 is 22.6 Å². The zero-order valence-electron chi connectivity index (χ0n) is 19.5. The Morgan fingerprint density at radius 2 is 2.03 bits per heavy atom. The Labute approximate surface area is 203 Å². The van der Waals surface area contributed by atoms with Crippen molar-refractivity contribution in [1.29, 1.82) is 5.26 Å². The molecule has 2 aromatic heterocycles. The predicted molar refractivity (Wildman–Crippen MR) is 134 cm³/mol. The van der Waals surface area contributed by atoms with Gasteiger partial charge < -0.3 is 15.4 Å². The summed E-state index contributed by atoms with van der Waals surface area (Å²) in [7, 11) is 0. The molecule has 2 aromatic carbocycles. The molecular weight excluding hydrogens is 440 g/mol. The molecule has 176 valence electrons. The van der Waals surface area contributed by atoms with E-state index < -0.39 is 0 Å². The van der Waals surface area contributed by atoms with Gasteiger partial charge in [-0.2, -0.15) is 10.4 Å². The number of anilines is 1. The summed E-state index contributed by atoms with van der Waals surface area (Å²) in [6.07, 6.45) is 3.32. The number of aryl methyl sites for hydroxylation is 1. The van der Waals surface area contributed by atoms with Crippen molar-refractivity contribution in [2.45, 2.75) is 32.2 Å². The van der Waals surface area contributed by atoms with E-state index in [2.05, 4.69) is 4.98 Å². The lowest BCUT2D eigenvalue weighted by Crippen LogP contribution is -2.40. The fourth-order valence-electron chi connectivity index (χ4n) is 4.73. The van der Waals surface area contributed by atoms with Crippen LogP contribution in [0.3, 0.4) is 0 Å². The lowest BCUT2D eigenvalue weighted by molar-refractivity contribution is -0.131. The van der Waals surface area contributed by atoms with Crippen molar-refractivity contribution in [2.75, 3.05) is 18.8 Å². The van der Waals surface area contributed by atoms with Crippen LogP contribution >= 0.6 is 0 Å². The minimum absolute atomic E-state index is 0.00886. The van der Waals surface area contributed by atoms with Gasteiger partial charge in [-0.3, -0.25) is 9.48 Å². The number of carbonyl (C=O) groups excluding carboxylic acids is 1. The number of rotatable bonds is 5. The molecule has 0 aliphatic carbocycles. The van der Waals surface area contributed by atoms with Crippen LogP contribution in [0.2, 0.25) is 0 Å². The van der Waals surface area contributed by atoms with E-state index in [-0.39, 0.29) is 18.4 Å². The summed E-state index contributed by atoms with van der Waals surface area (Å²) in [6, 6.07) is 19.4. The summed E-state index contributed by atoms with van der Waals surface area (Å²) in [5, 5.41) is 14.7. The van der Waals surface area contributed by atoms with E-state index >= 15 is 0 Å². The van der Waals surface area contributed by atoms with E-state index in [9.17, 15) is 4.79 Å². The largest absolute Gasteiger partial charge is 0.457 e. The van der Waals surface area contributed by atoms with Crippen molar-refractivity contribution < 1.29 is 9.53 Å². The van der Waals surface area contributed by atoms with Gasteiger partial charge in [-0.25, -0.2) is 4.98 Å². The number of nitriles is 1. The average molecular weight is 467 g/mol. The summed E-state index contributed by atoms with van der Waals surface area (Å²) in [5.74, 6) is 1.79. The minimum Gasteiger partial charge on any atom is -0.457 e. The van der Waals surface area contributed by atoms with Gasteiger partial charge in [0, 0.05) is 24.8 Å². The van der Waals surface area contributed by atoms with E-state index in [1.807, 2.05) is 72.3 Å². The van der Waals surface area contributed by atoms with Crippen molar-refractivity contribution in [3.8, 4) is 28.8 Å². The molecule has 8 nitrogen and oxygen atoms in total. The fraction of sp³-hybridized carbons (Fsp3) is 0.259. The Bertz CT molecular complexity index is 1420. The summed E-state index contributed by atoms with van der Waals surface area (Å²) in [4.78, 5) is 18.4. The van der Waals surface area contributed by atoms with Gasteiger partial charge in [0.15, 0.2) is 0 Å². The average Bonchev–Trinajstić information content (AvgIpc) is 3.26. The molecule has 0 radical (unpaired) electrons.